The minimum atomic E-state index is -0.415. The number of ketones is 1. The molecular formula is C23H22BrNO3. The van der Waals surface area contributed by atoms with Gasteiger partial charge in [0, 0.05) is 26.7 Å². The molecule has 0 aromatic heterocycles. The van der Waals surface area contributed by atoms with Crippen LogP contribution in [0.25, 0.3) is 10.8 Å². The molecule has 28 heavy (non-hydrogen) atoms. The molecule has 3 rings (SSSR count). The molecule has 0 bridgehead atoms. The van der Waals surface area contributed by atoms with Gasteiger partial charge in [0.15, 0.2) is 5.78 Å². The quantitative estimate of drug-likeness (QED) is 0.507. The van der Waals surface area contributed by atoms with Gasteiger partial charge in [-0.25, -0.2) is 0 Å². The Balaban J connectivity index is 1.97. The third-order valence-electron chi connectivity index (χ3n) is 4.19. The molecule has 0 aliphatic carbocycles. The fourth-order valence-electron chi connectivity index (χ4n) is 2.85. The summed E-state index contributed by atoms with van der Waals surface area (Å²) in [7, 11) is 0. The monoisotopic (exact) mass is 439 g/mol. The highest BCUT2D eigenvalue weighted by Gasteiger charge is 2.19. The molecule has 1 amide bonds. The van der Waals surface area contributed by atoms with E-state index in [4.69, 9.17) is 4.74 Å². The lowest BCUT2D eigenvalue weighted by molar-refractivity contribution is 0.00313. The van der Waals surface area contributed by atoms with Crippen molar-refractivity contribution in [2.24, 2.45) is 0 Å². The van der Waals surface area contributed by atoms with Crippen molar-refractivity contribution >= 4 is 44.1 Å². The lowest BCUT2D eigenvalue weighted by Crippen LogP contribution is -2.24. The number of hydrogen-bond donors (Lipinski definition) is 1. The predicted molar refractivity (Wildman–Crippen MR) is 116 cm³/mol. The van der Waals surface area contributed by atoms with E-state index in [0.29, 0.717) is 22.2 Å². The summed E-state index contributed by atoms with van der Waals surface area (Å²) in [6.45, 7) is 5.67. The molecule has 3 aromatic carbocycles. The molecule has 144 valence electrons. The van der Waals surface area contributed by atoms with E-state index in [1.165, 1.54) is 0 Å². The number of anilines is 1. The smallest absolute Gasteiger partial charge is 0.256 e. The average Bonchev–Trinajstić information content (AvgIpc) is 2.66. The van der Waals surface area contributed by atoms with Gasteiger partial charge < -0.3 is 10.1 Å². The van der Waals surface area contributed by atoms with Crippen LogP contribution in [-0.4, -0.2) is 23.9 Å². The molecule has 5 heteroatoms. The van der Waals surface area contributed by atoms with Gasteiger partial charge in [0.25, 0.3) is 5.91 Å². The number of nitrogens with one attached hydrogen (secondary N) is 1. The van der Waals surface area contributed by atoms with E-state index in [1.807, 2.05) is 69.3 Å². The predicted octanol–water partition coefficient (Wildman–Crippen LogP) is 5.85. The zero-order valence-electron chi connectivity index (χ0n) is 16.1. The number of carbonyl (C=O) groups is 2. The molecule has 0 unspecified atom stereocenters. The topological polar surface area (TPSA) is 55.4 Å². The first-order valence-corrected chi connectivity index (χ1v) is 9.80. The average molecular weight is 440 g/mol. The number of ether oxygens (including phenoxy) is 1. The van der Waals surface area contributed by atoms with Gasteiger partial charge in [-0.2, -0.15) is 0 Å². The molecule has 3 aromatic rings. The molecule has 0 heterocycles. The fraction of sp³-hybridized carbons (Fsp3) is 0.217. The van der Waals surface area contributed by atoms with Crippen LogP contribution in [0.1, 0.15) is 41.5 Å². The molecule has 1 N–H and O–H groups in total. The van der Waals surface area contributed by atoms with E-state index >= 15 is 0 Å². The van der Waals surface area contributed by atoms with Crippen molar-refractivity contribution in [3.63, 3.8) is 0 Å². The van der Waals surface area contributed by atoms with Gasteiger partial charge in [-0.15, -0.1) is 0 Å². The second-order valence-electron chi connectivity index (χ2n) is 7.49. The third-order valence-corrected chi connectivity index (χ3v) is 4.72. The maximum atomic E-state index is 12.9. The van der Waals surface area contributed by atoms with Crippen LogP contribution in [0.3, 0.4) is 0 Å². The number of benzene rings is 3. The first-order chi connectivity index (χ1) is 13.2. The maximum Gasteiger partial charge on any atom is 0.256 e. The van der Waals surface area contributed by atoms with Crippen molar-refractivity contribution in [1.29, 1.82) is 0 Å². The Morgan fingerprint density at radius 1 is 0.929 bits per heavy atom. The molecule has 0 saturated carbocycles. The van der Waals surface area contributed by atoms with E-state index < -0.39 is 5.60 Å². The summed E-state index contributed by atoms with van der Waals surface area (Å²) in [5.41, 5.74) is 1.22. The Labute approximate surface area is 173 Å². The van der Waals surface area contributed by atoms with Gasteiger partial charge in [0.05, 0.1) is 5.60 Å². The number of rotatable bonds is 5. The van der Waals surface area contributed by atoms with Crippen LogP contribution in [0, 0.1) is 0 Å². The number of carbonyl (C=O) groups excluding carboxylic acids is 2. The molecule has 0 spiro atoms. The van der Waals surface area contributed by atoms with Crippen molar-refractivity contribution in [2.75, 3.05) is 11.9 Å². The molecule has 0 aliphatic rings. The normalized spacial score (nSPS) is 11.4. The third kappa shape index (κ3) is 4.86. The van der Waals surface area contributed by atoms with Crippen molar-refractivity contribution < 1.29 is 14.3 Å². The molecule has 4 nitrogen and oxygen atoms in total. The number of Topliss-reactive ketones (excluding diaryl/α,β-unsaturated/α-hetero) is 1. The van der Waals surface area contributed by atoms with Crippen LogP contribution < -0.4 is 5.32 Å². The first-order valence-electron chi connectivity index (χ1n) is 9.00. The molecule has 0 radical (unpaired) electrons. The van der Waals surface area contributed by atoms with E-state index in [9.17, 15) is 9.59 Å². The Morgan fingerprint density at radius 2 is 1.54 bits per heavy atom. The maximum absolute atomic E-state index is 12.9. The highest BCUT2D eigenvalue weighted by Crippen LogP contribution is 2.25. The van der Waals surface area contributed by atoms with Gasteiger partial charge in [-0.05, 0) is 56.5 Å². The SMILES string of the molecule is CC(C)(C)OCC(=O)c1cccc2cccc(C(=O)Nc3ccc(Br)cc3)c12. The molecule has 0 saturated heterocycles. The number of halogens is 1. The lowest BCUT2D eigenvalue weighted by atomic mass is 9.96. The van der Waals surface area contributed by atoms with Crippen molar-refractivity contribution in [2.45, 2.75) is 26.4 Å². The summed E-state index contributed by atoms with van der Waals surface area (Å²) in [4.78, 5) is 25.8. The second kappa shape index (κ2) is 8.25. The van der Waals surface area contributed by atoms with Crippen LogP contribution in [0.2, 0.25) is 0 Å². The van der Waals surface area contributed by atoms with Crippen molar-refractivity contribution in [3.8, 4) is 0 Å². The van der Waals surface area contributed by atoms with Crippen LogP contribution in [0.15, 0.2) is 65.1 Å². The Hall–Kier alpha value is -2.50. The molecule has 0 aliphatic heterocycles. The Kier molecular flexibility index (Phi) is 5.96. The van der Waals surface area contributed by atoms with E-state index in [-0.39, 0.29) is 18.3 Å². The Morgan fingerprint density at radius 3 is 2.14 bits per heavy atom. The van der Waals surface area contributed by atoms with Gasteiger partial charge in [-0.3, -0.25) is 9.59 Å². The summed E-state index contributed by atoms with van der Waals surface area (Å²) in [6.07, 6.45) is 0. The van der Waals surface area contributed by atoms with E-state index in [1.54, 1.807) is 12.1 Å². The van der Waals surface area contributed by atoms with Crippen LogP contribution in [0.5, 0.6) is 0 Å². The minimum absolute atomic E-state index is 0.0364. The Bertz CT molecular complexity index is 1010. The zero-order chi connectivity index (χ0) is 20.3. The van der Waals surface area contributed by atoms with Crippen LogP contribution >= 0.6 is 15.9 Å². The van der Waals surface area contributed by atoms with Crippen LogP contribution in [-0.2, 0) is 4.74 Å². The lowest BCUT2D eigenvalue weighted by Gasteiger charge is -2.19. The highest BCUT2D eigenvalue weighted by molar-refractivity contribution is 9.10. The second-order valence-corrected chi connectivity index (χ2v) is 8.41. The summed E-state index contributed by atoms with van der Waals surface area (Å²) in [5.74, 6) is -0.408. The standard InChI is InChI=1S/C23H22BrNO3/c1-23(2,3)28-14-20(26)18-8-4-6-15-7-5-9-19(21(15)18)22(27)25-17-12-10-16(24)11-13-17/h4-13H,14H2,1-3H3,(H,25,27). The minimum Gasteiger partial charge on any atom is -0.368 e. The van der Waals surface area contributed by atoms with Crippen molar-refractivity contribution in [3.05, 3.63) is 76.3 Å². The van der Waals surface area contributed by atoms with Gasteiger partial charge in [0.1, 0.15) is 6.61 Å². The van der Waals surface area contributed by atoms with Crippen molar-refractivity contribution in [1.82, 2.24) is 0 Å². The van der Waals surface area contributed by atoms with E-state index in [0.717, 1.165) is 9.86 Å². The highest BCUT2D eigenvalue weighted by atomic mass is 79.9. The molecular weight excluding hydrogens is 418 g/mol. The van der Waals surface area contributed by atoms with Gasteiger partial charge in [-0.1, -0.05) is 46.3 Å². The zero-order valence-corrected chi connectivity index (χ0v) is 17.7. The van der Waals surface area contributed by atoms with Gasteiger partial charge in [0.2, 0.25) is 0 Å². The number of fused-ring (bicyclic) bond motifs is 1. The van der Waals surface area contributed by atoms with E-state index in [2.05, 4.69) is 21.2 Å². The number of hydrogen-bond acceptors (Lipinski definition) is 3. The first kappa shape index (κ1) is 20.2. The molecule has 0 fully saturated rings. The summed E-state index contributed by atoms with van der Waals surface area (Å²) in [6, 6.07) is 18.3. The summed E-state index contributed by atoms with van der Waals surface area (Å²) in [5, 5.41) is 4.38. The fourth-order valence-corrected chi connectivity index (χ4v) is 3.12. The number of amides is 1. The largest absolute Gasteiger partial charge is 0.368 e. The van der Waals surface area contributed by atoms with Gasteiger partial charge >= 0.3 is 0 Å². The molecule has 0 atom stereocenters. The summed E-state index contributed by atoms with van der Waals surface area (Å²) < 4.78 is 6.58. The van der Waals surface area contributed by atoms with Crippen LogP contribution in [0.4, 0.5) is 5.69 Å². The summed E-state index contributed by atoms with van der Waals surface area (Å²) >= 11 is 3.38.